The van der Waals surface area contributed by atoms with Crippen LogP contribution in [0.4, 0.5) is 5.69 Å². The number of rotatable bonds is 6. The molecule has 2 N–H and O–H groups in total. The summed E-state index contributed by atoms with van der Waals surface area (Å²) in [5.74, 6) is -6.07. The average molecular weight is 297 g/mol. The Bertz CT molecular complexity index is 595. The zero-order valence-corrected chi connectivity index (χ0v) is 10.8. The fraction of sp³-hybridized carbons (Fsp3) is 0.250. The smallest absolute Gasteiger partial charge is 0.344 e. The van der Waals surface area contributed by atoms with E-state index in [1.165, 1.54) is 12.1 Å². The monoisotopic (exact) mass is 297 g/mol. The normalized spacial score (nSPS) is 10.2. The third-order valence-electron chi connectivity index (χ3n) is 2.73. The molecule has 0 amide bonds. The first-order chi connectivity index (χ1) is 9.79. The first-order valence-corrected chi connectivity index (χ1v) is 5.59. The van der Waals surface area contributed by atoms with Crippen molar-refractivity contribution in [3.8, 4) is 0 Å². The Labute approximate surface area is 117 Å². The molecule has 1 aromatic rings. The third kappa shape index (κ3) is 3.53. The number of carbonyl (C=O) groups is 3. The number of nitro benzene ring substituents is 1. The van der Waals surface area contributed by atoms with Crippen LogP contribution in [0.2, 0.25) is 0 Å². The number of hydrogen-bond donors (Lipinski definition) is 2. The minimum Gasteiger partial charge on any atom is -0.481 e. The number of ether oxygens (including phenoxy) is 1. The van der Waals surface area contributed by atoms with Crippen molar-refractivity contribution in [2.45, 2.75) is 6.42 Å². The summed E-state index contributed by atoms with van der Waals surface area (Å²) >= 11 is 0. The molecular formula is C12H11NO8. The predicted octanol–water partition coefficient (Wildman–Crippen LogP) is 0.709. The van der Waals surface area contributed by atoms with Crippen LogP contribution in [0.3, 0.4) is 0 Å². The molecule has 0 heterocycles. The van der Waals surface area contributed by atoms with Gasteiger partial charge in [-0.2, -0.15) is 0 Å². The van der Waals surface area contributed by atoms with Gasteiger partial charge in [0, 0.05) is 12.0 Å². The molecule has 0 saturated carbocycles. The number of methoxy groups -OCH3 is 1. The van der Waals surface area contributed by atoms with Crippen LogP contribution in [0.25, 0.3) is 0 Å². The second-order valence-electron chi connectivity index (χ2n) is 4.00. The maximum Gasteiger partial charge on any atom is 0.344 e. The van der Waals surface area contributed by atoms with Crippen LogP contribution in [0, 0.1) is 16.0 Å². The van der Waals surface area contributed by atoms with Gasteiger partial charge in [0.1, 0.15) is 5.56 Å². The summed E-state index contributed by atoms with van der Waals surface area (Å²) in [6.07, 6.45) is -0.619. The van der Waals surface area contributed by atoms with Gasteiger partial charge in [0.05, 0.1) is 12.0 Å². The van der Waals surface area contributed by atoms with E-state index >= 15 is 0 Å². The van der Waals surface area contributed by atoms with E-state index in [0.717, 1.165) is 13.2 Å². The number of carboxylic acids is 2. The molecule has 0 aromatic heterocycles. The highest BCUT2D eigenvalue weighted by molar-refractivity contribution is 5.96. The molecule has 0 unspecified atom stereocenters. The molecule has 0 atom stereocenters. The summed E-state index contributed by atoms with van der Waals surface area (Å²) in [4.78, 5) is 43.4. The van der Waals surface area contributed by atoms with Gasteiger partial charge in [-0.3, -0.25) is 19.7 Å². The lowest BCUT2D eigenvalue weighted by Crippen LogP contribution is -2.26. The van der Waals surface area contributed by atoms with Crippen LogP contribution in [0.15, 0.2) is 18.2 Å². The van der Waals surface area contributed by atoms with Crippen molar-refractivity contribution in [2.75, 3.05) is 7.11 Å². The highest BCUT2D eigenvalue weighted by atomic mass is 16.6. The lowest BCUT2D eigenvalue weighted by atomic mass is 9.96. The topological polar surface area (TPSA) is 144 Å². The van der Waals surface area contributed by atoms with E-state index in [-0.39, 0.29) is 11.1 Å². The molecule has 0 saturated heterocycles. The molecule has 0 radical (unpaired) electrons. The number of hydrogen-bond acceptors (Lipinski definition) is 6. The van der Waals surface area contributed by atoms with Crippen LogP contribution < -0.4 is 0 Å². The van der Waals surface area contributed by atoms with Crippen LogP contribution in [0.1, 0.15) is 15.9 Å². The third-order valence-corrected chi connectivity index (χ3v) is 2.73. The van der Waals surface area contributed by atoms with Gasteiger partial charge in [0.2, 0.25) is 0 Å². The minimum absolute atomic E-state index is 0.169. The SMILES string of the molecule is COC(=O)c1cccc(CC(C(=O)O)C(=O)O)c1[N+](=O)[O-]. The molecular weight excluding hydrogens is 286 g/mol. The van der Waals surface area contributed by atoms with Gasteiger partial charge in [-0.05, 0) is 6.07 Å². The van der Waals surface area contributed by atoms with Gasteiger partial charge in [-0.25, -0.2) is 4.79 Å². The molecule has 0 aliphatic carbocycles. The Morgan fingerprint density at radius 3 is 2.29 bits per heavy atom. The number of nitrogens with zero attached hydrogens (tertiary/aromatic N) is 1. The van der Waals surface area contributed by atoms with Crippen LogP contribution in [0.5, 0.6) is 0 Å². The largest absolute Gasteiger partial charge is 0.481 e. The number of aliphatic carboxylic acids is 2. The Morgan fingerprint density at radius 2 is 1.86 bits per heavy atom. The lowest BCUT2D eigenvalue weighted by molar-refractivity contribution is -0.385. The summed E-state index contributed by atoms with van der Waals surface area (Å²) in [6, 6.07) is 3.63. The number of esters is 1. The number of nitro groups is 1. The summed E-state index contributed by atoms with van der Waals surface area (Å²) in [5.41, 5.74) is -1.19. The summed E-state index contributed by atoms with van der Waals surface area (Å²) in [6.45, 7) is 0. The Morgan fingerprint density at radius 1 is 1.29 bits per heavy atom. The molecule has 0 spiro atoms. The van der Waals surface area contributed by atoms with Crippen molar-refractivity contribution in [1.82, 2.24) is 0 Å². The second-order valence-corrected chi connectivity index (χ2v) is 4.00. The highest BCUT2D eigenvalue weighted by Crippen LogP contribution is 2.27. The van der Waals surface area contributed by atoms with E-state index in [4.69, 9.17) is 10.2 Å². The van der Waals surface area contributed by atoms with Gasteiger partial charge in [0.15, 0.2) is 5.92 Å². The molecule has 0 aliphatic rings. The summed E-state index contributed by atoms with van der Waals surface area (Å²) in [7, 11) is 1.04. The molecule has 9 nitrogen and oxygen atoms in total. The van der Waals surface area contributed by atoms with Gasteiger partial charge in [-0.15, -0.1) is 0 Å². The average Bonchev–Trinajstić information content (AvgIpc) is 2.42. The maximum absolute atomic E-state index is 11.5. The maximum atomic E-state index is 11.5. The zero-order chi connectivity index (χ0) is 16.2. The highest BCUT2D eigenvalue weighted by Gasteiger charge is 2.32. The molecule has 21 heavy (non-hydrogen) atoms. The quantitative estimate of drug-likeness (QED) is 0.338. The van der Waals surface area contributed by atoms with Crippen molar-refractivity contribution in [3.05, 3.63) is 39.4 Å². The van der Waals surface area contributed by atoms with Crippen LogP contribution in [-0.4, -0.2) is 40.2 Å². The molecule has 0 aliphatic heterocycles. The first kappa shape index (κ1) is 16.1. The van der Waals surface area contributed by atoms with E-state index in [1.54, 1.807) is 0 Å². The molecule has 9 heteroatoms. The lowest BCUT2D eigenvalue weighted by Gasteiger charge is -2.09. The summed E-state index contributed by atoms with van der Waals surface area (Å²) < 4.78 is 4.41. The van der Waals surface area contributed by atoms with E-state index in [2.05, 4.69) is 4.74 Å². The molecule has 1 aromatic carbocycles. The number of carbonyl (C=O) groups excluding carboxylic acids is 1. The van der Waals surface area contributed by atoms with Gasteiger partial charge in [-0.1, -0.05) is 12.1 Å². The number of benzene rings is 1. The molecule has 0 bridgehead atoms. The Balaban J connectivity index is 3.36. The summed E-state index contributed by atoms with van der Waals surface area (Å²) in [5, 5.41) is 28.7. The molecule has 0 fully saturated rings. The fourth-order valence-corrected chi connectivity index (χ4v) is 1.75. The zero-order valence-electron chi connectivity index (χ0n) is 10.8. The van der Waals surface area contributed by atoms with Crippen molar-refractivity contribution >= 4 is 23.6 Å². The Hall–Kier alpha value is -2.97. The van der Waals surface area contributed by atoms with Crippen LogP contribution in [-0.2, 0) is 20.7 Å². The van der Waals surface area contributed by atoms with Crippen molar-refractivity contribution in [3.63, 3.8) is 0 Å². The van der Waals surface area contributed by atoms with E-state index in [0.29, 0.717) is 0 Å². The fourth-order valence-electron chi connectivity index (χ4n) is 1.75. The van der Waals surface area contributed by atoms with E-state index < -0.39 is 40.9 Å². The molecule has 1 rings (SSSR count). The van der Waals surface area contributed by atoms with Crippen molar-refractivity contribution < 1.29 is 34.3 Å². The molecule has 112 valence electrons. The number of carboxylic acid groups (broad SMARTS) is 2. The second kappa shape index (κ2) is 6.46. The first-order valence-electron chi connectivity index (χ1n) is 5.59. The predicted molar refractivity (Wildman–Crippen MR) is 66.9 cm³/mol. The van der Waals surface area contributed by atoms with Gasteiger partial charge >= 0.3 is 17.9 Å². The van der Waals surface area contributed by atoms with Crippen molar-refractivity contribution in [1.29, 1.82) is 0 Å². The van der Waals surface area contributed by atoms with E-state index in [9.17, 15) is 24.5 Å². The van der Waals surface area contributed by atoms with Crippen molar-refractivity contribution in [2.24, 2.45) is 5.92 Å². The minimum atomic E-state index is -1.85. The number of para-hydroxylation sites is 1. The van der Waals surface area contributed by atoms with Gasteiger partial charge < -0.3 is 14.9 Å². The standard InChI is InChI=1S/C12H11NO8/c1-21-12(18)7-4-2-3-6(9(7)13(19)20)5-8(10(14)15)11(16)17/h2-4,8H,5H2,1H3,(H,14,15)(H,16,17). The van der Waals surface area contributed by atoms with E-state index in [1.807, 2.05) is 0 Å². The van der Waals surface area contributed by atoms with Gasteiger partial charge in [0.25, 0.3) is 5.69 Å². The van der Waals surface area contributed by atoms with Crippen LogP contribution >= 0.6 is 0 Å². The Kier molecular flexibility index (Phi) is 4.95.